The van der Waals surface area contributed by atoms with Crippen LogP contribution in [0.15, 0.2) is 17.8 Å². The highest BCUT2D eigenvalue weighted by atomic mass is 32.1. The van der Waals surface area contributed by atoms with E-state index < -0.39 is 0 Å². The van der Waals surface area contributed by atoms with Gasteiger partial charge in [0.1, 0.15) is 5.01 Å². The van der Waals surface area contributed by atoms with Gasteiger partial charge in [-0.25, -0.2) is 9.97 Å². The molecule has 2 heterocycles. The van der Waals surface area contributed by atoms with Gasteiger partial charge in [-0.2, -0.15) is 0 Å². The van der Waals surface area contributed by atoms with Crippen LogP contribution in [0.4, 0.5) is 5.95 Å². The van der Waals surface area contributed by atoms with Crippen LogP contribution in [-0.4, -0.2) is 14.5 Å². The van der Waals surface area contributed by atoms with Gasteiger partial charge >= 0.3 is 0 Å². The Balaban J connectivity index is 1.82. The van der Waals surface area contributed by atoms with Crippen LogP contribution in [0.3, 0.4) is 0 Å². The zero-order valence-corrected chi connectivity index (χ0v) is 13.0. The van der Waals surface area contributed by atoms with Crippen LogP contribution in [0.1, 0.15) is 61.8 Å². The van der Waals surface area contributed by atoms with E-state index in [0.29, 0.717) is 6.04 Å². The Morgan fingerprint density at radius 2 is 2.25 bits per heavy atom. The Kier molecular flexibility index (Phi) is 4.05. The van der Waals surface area contributed by atoms with Crippen LogP contribution < -0.4 is 5.32 Å². The van der Waals surface area contributed by atoms with Gasteiger partial charge in [0.05, 0.1) is 11.7 Å². The van der Waals surface area contributed by atoms with Crippen molar-refractivity contribution in [2.24, 2.45) is 0 Å². The Morgan fingerprint density at radius 3 is 2.90 bits per heavy atom. The van der Waals surface area contributed by atoms with E-state index in [4.69, 9.17) is 0 Å². The summed E-state index contributed by atoms with van der Waals surface area (Å²) >= 11 is 1.71. The van der Waals surface area contributed by atoms with Crippen molar-refractivity contribution in [3.63, 3.8) is 0 Å². The van der Waals surface area contributed by atoms with Gasteiger partial charge in [0.25, 0.3) is 0 Å². The molecule has 4 nitrogen and oxygen atoms in total. The number of nitrogens with one attached hydrogen (secondary N) is 1. The molecule has 0 bridgehead atoms. The van der Waals surface area contributed by atoms with Gasteiger partial charge in [0.15, 0.2) is 0 Å². The van der Waals surface area contributed by atoms with Gasteiger partial charge in [-0.15, -0.1) is 11.3 Å². The molecule has 1 fully saturated rings. The van der Waals surface area contributed by atoms with Crippen molar-refractivity contribution in [1.29, 1.82) is 0 Å². The van der Waals surface area contributed by atoms with E-state index in [-0.39, 0.29) is 6.04 Å². The molecular weight excluding hydrogens is 268 g/mol. The largest absolute Gasteiger partial charge is 0.346 e. The first kappa shape index (κ1) is 13.6. The summed E-state index contributed by atoms with van der Waals surface area (Å²) in [7, 11) is 0. The molecule has 0 saturated heterocycles. The first-order chi connectivity index (χ1) is 9.78. The number of aromatic nitrogens is 3. The highest BCUT2D eigenvalue weighted by molar-refractivity contribution is 7.09. The molecule has 0 aromatic carbocycles. The van der Waals surface area contributed by atoms with Crippen molar-refractivity contribution < 1.29 is 0 Å². The number of aryl methyl sites for hydroxylation is 1. The third kappa shape index (κ3) is 2.73. The fraction of sp³-hybridized carbons (Fsp3) is 0.600. The molecule has 1 aliphatic rings. The summed E-state index contributed by atoms with van der Waals surface area (Å²) in [6, 6.07) is 0.879. The molecule has 0 aliphatic heterocycles. The molecule has 3 rings (SSSR count). The molecule has 1 N–H and O–H groups in total. The average Bonchev–Trinajstić information content (AvgIpc) is 3.17. The van der Waals surface area contributed by atoms with Gasteiger partial charge in [-0.1, -0.05) is 19.8 Å². The molecule has 2 aromatic heterocycles. The lowest BCUT2D eigenvalue weighted by Gasteiger charge is -2.19. The van der Waals surface area contributed by atoms with Crippen molar-refractivity contribution in [2.45, 2.75) is 58.0 Å². The molecule has 1 atom stereocenters. The van der Waals surface area contributed by atoms with E-state index in [0.717, 1.165) is 23.1 Å². The summed E-state index contributed by atoms with van der Waals surface area (Å²) in [6.07, 6.45) is 10.3. The summed E-state index contributed by atoms with van der Waals surface area (Å²) in [5, 5.41) is 6.78. The number of imidazole rings is 1. The lowest BCUT2D eigenvalue weighted by Crippen LogP contribution is -2.15. The molecule has 1 aliphatic carbocycles. The van der Waals surface area contributed by atoms with Crippen LogP contribution in [0.25, 0.3) is 0 Å². The second-order valence-electron chi connectivity index (χ2n) is 5.53. The van der Waals surface area contributed by atoms with Crippen molar-refractivity contribution in [2.75, 3.05) is 5.32 Å². The van der Waals surface area contributed by atoms with Gasteiger partial charge in [-0.05, 0) is 26.2 Å². The van der Waals surface area contributed by atoms with E-state index in [2.05, 4.69) is 39.9 Å². The summed E-state index contributed by atoms with van der Waals surface area (Å²) in [6.45, 7) is 4.26. The Labute approximate surface area is 124 Å². The normalized spacial score (nSPS) is 17.5. The maximum Gasteiger partial charge on any atom is 0.203 e. The highest BCUT2D eigenvalue weighted by Gasteiger charge is 2.22. The van der Waals surface area contributed by atoms with Gasteiger partial charge in [-0.3, -0.25) is 0 Å². The minimum absolute atomic E-state index is 0.261. The van der Waals surface area contributed by atoms with Crippen molar-refractivity contribution >= 4 is 17.3 Å². The summed E-state index contributed by atoms with van der Waals surface area (Å²) in [5.74, 6) is 1.01. The molecule has 2 aromatic rings. The van der Waals surface area contributed by atoms with E-state index in [1.165, 1.54) is 25.7 Å². The quantitative estimate of drug-likeness (QED) is 0.891. The Hall–Kier alpha value is -1.36. The topological polar surface area (TPSA) is 42.7 Å². The SMILES string of the molecule is CCC(Nc1nc(C)cn1C1CCCC1)c1nccs1. The molecule has 108 valence electrons. The summed E-state index contributed by atoms with van der Waals surface area (Å²) in [5.41, 5.74) is 1.09. The van der Waals surface area contributed by atoms with Crippen LogP contribution in [0, 0.1) is 6.92 Å². The van der Waals surface area contributed by atoms with Crippen LogP contribution in [0.5, 0.6) is 0 Å². The molecular formula is C15H22N4S. The van der Waals surface area contributed by atoms with Crippen LogP contribution >= 0.6 is 11.3 Å². The fourth-order valence-electron chi connectivity index (χ4n) is 2.98. The molecule has 1 saturated carbocycles. The predicted octanol–water partition coefficient (Wildman–Crippen LogP) is 4.33. The van der Waals surface area contributed by atoms with E-state index in [9.17, 15) is 0 Å². The Bertz CT molecular complexity index is 540. The molecule has 20 heavy (non-hydrogen) atoms. The lowest BCUT2D eigenvalue weighted by molar-refractivity contribution is 0.519. The van der Waals surface area contributed by atoms with Crippen LogP contribution in [0.2, 0.25) is 0 Å². The maximum atomic E-state index is 4.68. The van der Waals surface area contributed by atoms with Crippen LogP contribution in [-0.2, 0) is 0 Å². The molecule has 5 heteroatoms. The lowest BCUT2D eigenvalue weighted by atomic mass is 10.2. The number of hydrogen-bond donors (Lipinski definition) is 1. The highest BCUT2D eigenvalue weighted by Crippen LogP contribution is 2.33. The number of hydrogen-bond acceptors (Lipinski definition) is 4. The first-order valence-electron chi connectivity index (χ1n) is 7.49. The van der Waals surface area contributed by atoms with E-state index >= 15 is 0 Å². The number of nitrogens with zero attached hydrogens (tertiary/aromatic N) is 3. The number of anilines is 1. The summed E-state index contributed by atoms with van der Waals surface area (Å²) < 4.78 is 2.35. The zero-order chi connectivity index (χ0) is 13.9. The standard InChI is InChI=1S/C15H22N4S/c1-3-13(14-16-8-9-20-14)18-15-17-11(2)10-19(15)12-6-4-5-7-12/h8-10,12-13H,3-7H2,1-2H3,(H,17,18). The van der Waals surface area contributed by atoms with Crippen molar-refractivity contribution in [3.05, 3.63) is 28.5 Å². The molecule has 0 spiro atoms. The number of rotatable bonds is 5. The average molecular weight is 290 g/mol. The monoisotopic (exact) mass is 290 g/mol. The van der Waals surface area contributed by atoms with Gasteiger partial charge in [0.2, 0.25) is 5.95 Å². The van der Waals surface area contributed by atoms with E-state index in [1.807, 2.05) is 11.6 Å². The van der Waals surface area contributed by atoms with Crippen molar-refractivity contribution in [1.82, 2.24) is 14.5 Å². The predicted molar refractivity (Wildman–Crippen MR) is 83.2 cm³/mol. The van der Waals surface area contributed by atoms with Crippen molar-refractivity contribution in [3.8, 4) is 0 Å². The minimum atomic E-state index is 0.261. The Morgan fingerprint density at radius 1 is 1.45 bits per heavy atom. The minimum Gasteiger partial charge on any atom is -0.346 e. The third-order valence-electron chi connectivity index (χ3n) is 4.03. The number of thiazole rings is 1. The summed E-state index contributed by atoms with van der Waals surface area (Å²) in [4.78, 5) is 9.12. The molecule has 1 unspecified atom stereocenters. The smallest absolute Gasteiger partial charge is 0.203 e. The van der Waals surface area contributed by atoms with E-state index in [1.54, 1.807) is 11.3 Å². The van der Waals surface area contributed by atoms with Gasteiger partial charge < -0.3 is 9.88 Å². The zero-order valence-electron chi connectivity index (χ0n) is 12.2. The second-order valence-corrected chi connectivity index (χ2v) is 6.45. The second kappa shape index (κ2) is 5.95. The maximum absolute atomic E-state index is 4.68. The fourth-order valence-corrected chi connectivity index (χ4v) is 3.76. The molecule has 0 radical (unpaired) electrons. The third-order valence-corrected chi connectivity index (χ3v) is 4.92. The first-order valence-corrected chi connectivity index (χ1v) is 8.37. The molecule has 0 amide bonds. The van der Waals surface area contributed by atoms with Gasteiger partial charge in [0, 0.05) is 23.8 Å².